The first-order valence-corrected chi connectivity index (χ1v) is 12.5. The Morgan fingerprint density at radius 1 is 1.15 bits per heavy atom. The summed E-state index contributed by atoms with van der Waals surface area (Å²) < 4.78 is 2.35. The highest BCUT2D eigenvalue weighted by Crippen LogP contribution is 2.20. The molecule has 0 aliphatic carbocycles. The molecular formula is C25H40IN7. The molecule has 8 heteroatoms. The van der Waals surface area contributed by atoms with Crippen molar-refractivity contribution < 1.29 is 0 Å². The Balaban J connectivity index is 0.00000306. The summed E-state index contributed by atoms with van der Waals surface area (Å²) in [5.41, 5.74) is 1.38. The minimum Gasteiger partial charge on any atom is -0.357 e. The molecule has 0 radical (unpaired) electrons. The van der Waals surface area contributed by atoms with Gasteiger partial charge in [-0.05, 0) is 45.1 Å². The highest BCUT2D eigenvalue weighted by molar-refractivity contribution is 14.0. The van der Waals surface area contributed by atoms with E-state index in [0.717, 1.165) is 70.2 Å². The maximum Gasteiger partial charge on any atom is 0.191 e. The van der Waals surface area contributed by atoms with E-state index in [-0.39, 0.29) is 24.0 Å². The van der Waals surface area contributed by atoms with Gasteiger partial charge in [-0.2, -0.15) is 0 Å². The number of aryl methyl sites for hydroxylation is 2. The molecule has 182 valence electrons. The van der Waals surface area contributed by atoms with E-state index in [2.05, 4.69) is 74.5 Å². The molecule has 2 aliphatic rings. The number of hydrogen-bond acceptors (Lipinski definition) is 4. The number of likely N-dealkylation sites (tertiary alicyclic amines) is 1. The van der Waals surface area contributed by atoms with Gasteiger partial charge < -0.3 is 15.2 Å². The van der Waals surface area contributed by atoms with E-state index in [1.807, 2.05) is 0 Å². The van der Waals surface area contributed by atoms with E-state index in [1.165, 1.54) is 30.7 Å². The molecule has 2 atom stereocenters. The van der Waals surface area contributed by atoms with Gasteiger partial charge in [-0.25, -0.2) is 0 Å². The van der Waals surface area contributed by atoms with Crippen LogP contribution in [0.5, 0.6) is 0 Å². The van der Waals surface area contributed by atoms with Crippen LogP contribution in [-0.4, -0.2) is 57.3 Å². The summed E-state index contributed by atoms with van der Waals surface area (Å²) in [6.07, 6.45) is 7.93. The first kappa shape index (κ1) is 25.9. The third-order valence-electron chi connectivity index (χ3n) is 6.63. The smallest absolute Gasteiger partial charge is 0.191 e. The van der Waals surface area contributed by atoms with Crippen LogP contribution in [0.1, 0.15) is 63.2 Å². The number of rotatable bonds is 8. The Bertz CT molecular complexity index is 867. The van der Waals surface area contributed by atoms with E-state index in [0.29, 0.717) is 12.1 Å². The molecule has 0 bridgehead atoms. The topological polar surface area (TPSA) is 70.4 Å². The fourth-order valence-corrected chi connectivity index (χ4v) is 4.91. The molecule has 0 amide bonds. The Kier molecular flexibility index (Phi) is 10.4. The number of nitrogens with one attached hydrogen (secondary N) is 2. The van der Waals surface area contributed by atoms with Crippen LogP contribution >= 0.6 is 24.0 Å². The molecule has 7 nitrogen and oxygen atoms in total. The summed E-state index contributed by atoms with van der Waals surface area (Å²) in [5.74, 6) is 3.24. The lowest BCUT2D eigenvalue weighted by molar-refractivity contribution is 0.258. The third-order valence-corrected chi connectivity index (χ3v) is 6.63. The number of hydrogen-bond donors (Lipinski definition) is 2. The number of fused-ring (bicyclic) bond motifs is 1. The average Bonchev–Trinajstić information content (AvgIpc) is 3.24. The van der Waals surface area contributed by atoms with Crippen LogP contribution in [0.2, 0.25) is 0 Å². The maximum absolute atomic E-state index is 4.86. The summed E-state index contributed by atoms with van der Waals surface area (Å²) in [6, 6.07) is 11.8. The third kappa shape index (κ3) is 7.40. The van der Waals surface area contributed by atoms with Crippen LogP contribution < -0.4 is 10.6 Å². The van der Waals surface area contributed by atoms with Crippen molar-refractivity contribution in [2.75, 3.05) is 19.6 Å². The minimum atomic E-state index is 0. The summed E-state index contributed by atoms with van der Waals surface area (Å²) >= 11 is 0. The Labute approximate surface area is 215 Å². The molecular weight excluding hydrogens is 525 g/mol. The van der Waals surface area contributed by atoms with Crippen molar-refractivity contribution in [2.24, 2.45) is 4.99 Å². The highest BCUT2D eigenvalue weighted by atomic mass is 127. The van der Waals surface area contributed by atoms with Crippen LogP contribution in [-0.2, 0) is 25.9 Å². The van der Waals surface area contributed by atoms with Gasteiger partial charge in [0, 0.05) is 57.6 Å². The summed E-state index contributed by atoms with van der Waals surface area (Å²) in [7, 11) is 0. The van der Waals surface area contributed by atoms with Crippen molar-refractivity contribution in [3.8, 4) is 0 Å². The molecule has 2 aromatic rings. The average molecular weight is 566 g/mol. The molecule has 2 unspecified atom stereocenters. The molecule has 4 rings (SSSR count). The molecule has 0 spiro atoms. The van der Waals surface area contributed by atoms with Gasteiger partial charge in [0.15, 0.2) is 5.96 Å². The zero-order chi connectivity index (χ0) is 22.2. The van der Waals surface area contributed by atoms with Crippen molar-refractivity contribution in [1.82, 2.24) is 30.3 Å². The van der Waals surface area contributed by atoms with Gasteiger partial charge in [0.25, 0.3) is 0 Å². The molecule has 0 saturated carbocycles. The molecule has 1 saturated heterocycles. The van der Waals surface area contributed by atoms with Gasteiger partial charge >= 0.3 is 0 Å². The number of nitrogens with zero attached hydrogens (tertiary/aromatic N) is 5. The normalized spacial score (nSPS) is 21.2. The fraction of sp³-hybridized carbons (Fsp3) is 0.640. The SMILES string of the molecule is CCNC(=NCCCc1nnc2n1CCCCC2)NC1CC(C)N(Cc2ccccc2)C1.I. The zero-order valence-electron chi connectivity index (χ0n) is 20.2. The van der Waals surface area contributed by atoms with Crippen molar-refractivity contribution in [2.45, 2.75) is 84.0 Å². The van der Waals surface area contributed by atoms with Gasteiger partial charge in [0.2, 0.25) is 0 Å². The molecule has 1 aromatic heterocycles. The second-order valence-corrected chi connectivity index (χ2v) is 9.20. The lowest BCUT2D eigenvalue weighted by Crippen LogP contribution is -2.44. The first-order valence-electron chi connectivity index (χ1n) is 12.5. The zero-order valence-corrected chi connectivity index (χ0v) is 22.5. The predicted molar refractivity (Wildman–Crippen MR) is 145 cm³/mol. The van der Waals surface area contributed by atoms with Gasteiger partial charge in [-0.15, -0.1) is 34.2 Å². The molecule has 2 aliphatic heterocycles. The Morgan fingerprint density at radius 3 is 2.82 bits per heavy atom. The van der Waals surface area contributed by atoms with Crippen LogP contribution in [0.25, 0.3) is 0 Å². The van der Waals surface area contributed by atoms with Crippen molar-refractivity contribution in [3.05, 3.63) is 47.5 Å². The van der Waals surface area contributed by atoms with Crippen molar-refractivity contribution in [1.29, 1.82) is 0 Å². The van der Waals surface area contributed by atoms with Gasteiger partial charge in [-0.3, -0.25) is 9.89 Å². The first-order chi connectivity index (χ1) is 15.7. The minimum absolute atomic E-state index is 0. The van der Waals surface area contributed by atoms with Crippen molar-refractivity contribution in [3.63, 3.8) is 0 Å². The van der Waals surface area contributed by atoms with Crippen molar-refractivity contribution >= 4 is 29.9 Å². The Morgan fingerprint density at radius 2 is 2.00 bits per heavy atom. The number of halogens is 1. The molecule has 3 heterocycles. The van der Waals surface area contributed by atoms with Gasteiger partial charge in [0.05, 0.1) is 0 Å². The Hall–Kier alpha value is -1.68. The van der Waals surface area contributed by atoms with Crippen LogP contribution in [0.4, 0.5) is 0 Å². The number of aromatic nitrogens is 3. The maximum atomic E-state index is 4.86. The van der Waals surface area contributed by atoms with E-state index >= 15 is 0 Å². The molecule has 1 fully saturated rings. The number of guanidine groups is 1. The fourth-order valence-electron chi connectivity index (χ4n) is 4.91. The van der Waals surface area contributed by atoms with Gasteiger partial charge in [-0.1, -0.05) is 36.8 Å². The second kappa shape index (κ2) is 13.3. The van der Waals surface area contributed by atoms with Crippen LogP contribution in [0, 0.1) is 0 Å². The summed E-state index contributed by atoms with van der Waals surface area (Å²) in [4.78, 5) is 7.42. The summed E-state index contributed by atoms with van der Waals surface area (Å²) in [5, 5.41) is 16.0. The lowest BCUT2D eigenvalue weighted by Gasteiger charge is -2.21. The van der Waals surface area contributed by atoms with Crippen LogP contribution in [0.15, 0.2) is 35.3 Å². The lowest BCUT2D eigenvalue weighted by atomic mass is 10.2. The van der Waals surface area contributed by atoms with E-state index < -0.39 is 0 Å². The molecule has 1 aromatic carbocycles. The van der Waals surface area contributed by atoms with E-state index in [1.54, 1.807) is 0 Å². The summed E-state index contributed by atoms with van der Waals surface area (Å²) in [6.45, 7) is 9.26. The monoisotopic (exact) mass is 565 g/mol. The number of aliphatic imine (C=N–C) groups is 1. The molecule has 2 N–H and O–H groups in total. The van der Waals surface area contributed by atoms with E-state index in [4.69, 9.17) is 4.99 Å². The standard InChI is InChI=1S/C25H39N7.HI/c1-3-26-25(27-15-10-14-24-30-29-23-13-8-5-9-16-32(23)24)28-22-17-20(2)31(19-22)18-21-11-6-4-7-12-21;/h4,6-7,11-12,20,22H,3,5,8-10,13-19H2,1-2H3,(H2,26,27,28);1H. The van der Waals surface area contributed by atoms with E-state index in [9.17, 15) is 0 Å². The molecule has 33 heavy (non-hydrogen) atoms. The van der Waals surface area contributed by atoms with Gasteiger partial charge in [0.1, 0.15) is 11.6 Å². The highest BCUT2D eigenvalue weighted by Gasteiger charge is 2.29. The largest absolute Gasteiger partial charge is 0.357 e. The number of benzene rings is 1. The quantitative estimate of drug-likeness (QED) is 0.221. The van der Waals surface area contributed by atoms with Crippen LogP contribution in [0.3, 0.4) is 0 Å². The second-order valence-electron chi connectivity index (χ2n) is 9.20. The predicted octanol–water partition coefficient (Wildman–Crippen LogP) is 3.77.